The Morgan fingerprint density at radius 3 is 2.92 bits per heavy atom. The summed E-state index contributed by atoms with van der Waals surface area (Å²) in [6.45, 7) is 0. The topological polar surface area (TPSA) is 45.8 Å². The van der Waals surface area contributed by atoms with Crippen molar-refractivity contribution in [1.82, 2.24) is 9.97 Å². The van der Waals surface area contributed by atoms with Gasteiger partial charge >= 0.3 is 0 Å². The summed E-state index contributed by atoms with van der Waals surface area (Å²) in [7, 11) is 0. The van der Waals surface area contributed by atoms with Crippen molar-refractivity contribution in [3.63, 3.8) is 0 Å². The normalized spacial score (nSPS) is 9.85. The molecule has 0 unspecified atom stereocenters. The Morgan fingerprint density at radius 2 is 2.23 bits per heavy atom. The summed E-state index contributed by atoms with van der Waals surface area (Å²) in [4.78, 5) is 17.9. The van der Waals surface area contributed by atoms with Gasteiger partial charge in [-0.2, -0.15) is 0 Å². The molecule has 1 N–H and O–H groups in total. The maximum absolute atomic E-state index is 11.3. The van der Waals surface area contributed by atoms with Crippen LogP contribution in [0.5, 0.6) is 0 Å². The van der Waals surface area contributed by atoms with Crippen LogP contribution < -0.4 is 5.56 Å². The van der Waals surface area contributed by atoms with Crippen LogP contribution in [0, 0.1) is 6.20 Å². The Balaban J connectivity index is 2.60. The predicted molar refractivity (Wildman–Crippen MR) is 49.1 cm³/mol. The Morgan fingerprint density at radius 1 is 1.31 bits per heavy atom. The van der Waals surface area contributed by atoms with E-state index in [9.17, 15) is 4.79 Å². The third kappa shape index (κ3) is 1.49. The van der Waals surface area contributed by atoms with Crippen LogP contribution in [0.25, 0.3) is 11.3 Å². The summed E-state index contributed by atoms with van der Waals surface area (Å²) in [5, 5.41) is 0. The maximum Gasteiger partial charge on any atom is 0.257 e. The highest BCUT2D eigenvalue weighted by Crippen LogP contribution is 2.08. The van der Waals surface area contributed by atoms with Crippen molar-refractivity contribution in [3.05, 3.63) is 53.1 Å². The number of nitrogens with zero attached hydrogens (tertiary/aromatic N) is 1. The standard InChI is InChI=1S/C10H7N2O/c13-10-8(4-3-7-12-10)9-5-1-2-6-11-9/h1-5,7H,(H,12,13). The number of hydrogen-bond acceptors (Lipinski definition) is 2. The fourth-order valence-corrected chi connectivity index (χ4v) is 1.10. The summed E-state index contributed by atoms with van der Waals surface area (Å²) in [5.74, 6) is 0. The molecule has 3 heteroatoms. The van der Waals surface area contributed by atoms with Gasteiger partial charge in [-0.3, -0.25) is 4.79 Å². The molecule has 0 fully saturated rings. The van der Waals surface area contributed by atoms with Gasteiger partial charge < -0.3 is 4.98 Å². The zero-order valence-corrected chi connectivity index (χ0v) is 6.82. The number of aromatic amines is 1. The third-order valence-electron chi connectivity index (χ3n) is 1.70. The summed E-state index contributed by atoms with van der Waals surface area (Å²) in [5.41, 5.74) is 1.08. The Kier molecular flexibility index (Phi) is 1.92. The third-order valence-corrected chi connectivity index (χ3v) is 1.70. The van der Waals surface area contributed by atoms with Crippen LogP contribution >= 0.6 is 0 Å². The second-order valence-electron chi connectivity index (χ2n) is 2.56. The Bertz CT molecular complexity index is 448. The first-order valence-electron chi connectivity index (χ1n) is 3.89. The van der Waals surface area contributed by atoms with Crippen LogP contribution in [0.15, 0.2) is 41.3 Å². The summed E-state index contributed by atoms with van der Waals surface area (Å²) in [6, 6.07) is 8.77. The average molecular weight is 171 g/mol. The molecule has 2 heterocycles. The van der Waals surface area contributed by atoms with E-state index in [1.165, 1.54) is 0 Å². The lowest BCUT2D eigenvalue weighted by molar-refractivity contribution is 1.21. The van der Waals surface area contributed by atoms with Gasteiger partial charge in [0.2, 0.25) is 0 Å². The highest BCUT2D eigenvalue weighted by atomic mass is 16.1. The van der Waals surface area contributed by atoms with Crippen molar-refractivity contribution in [2.24, 2.45) is 0 Å². The van der Waals surface area contributed by atoms with E-state index >= 15 is 0 Å². The number of aromatic nitrogens is 2. The molecule has 2 aromatic rings. The van der Waals surface area contributed by atoms with Gasteiger partial charge in [-0.05, 0) is 24.3 Å². The second-order valence-corrected chi connectivity index (χ2v) is 2.56. The van der Waals surface area contributed by atoms with Crippen LogP contribution in [-0.2, 0) is 0 Å². The number of hydrogen-bond donors (Lipinski definition) is 1. The first-order chi connectivity index (χ1) is 6.38. The monoisotopic (exact) mass is 171 g/mol. The van der Waals surface area contributed by atoms with Crippen molar-refractivity contribution >= 4 is 0 Å². The van der Waals surface area contributed by atoms with E-state index in [1.807, 2.05) is 0 Å². The first-order valence-corrected chi connectivity index (χ1v) is 3.89. The van der Waals surface area contributed by atoms with Gasteiger partial charge in [0.25, 0.3) is 5.56 Å². The molecular weight excluding hydrogens is 164 g/mol. The minimum Gasteiger partial charge on any atom is -0.329 e. The molecule has 0 atom stereocenters. The van der Waals surface area contributed by atoms with Gasteiger partial charge in [-0.25, -0.2) is 4.98 Å². The lowest BCUT2D eigenvalue weighted by Crippen LogP contribution is -2.07. The molecule has 0 amide bonds. The Hall–Kier alpha value is -1.90. The van der Waals surface area contributed by atoms with Gasteiger partial charge in [-0.15, -0.1) is 0 Å². The quantitative estimate of drug-likeness (QED) is 0.701. The van der Waals surface area contributed by atoms with Gasteiger partial charge in [0.05, 0.1) is 17.5 Å². The van der Waals surface area contributed by atoms with E-state index in [1.54, 1.807) is 36.5 Å². The smallest absolute Gasteiger partial charge is 0.257 e. The summed E-state index contributed by atoms with van der Waals surface area (Å²) in [6.07, 6.45) is 4.28. The number of rotatable bonds is 1. The average Bonchev–Trinajstić information content (AvgIpc) is 2.20. The van der Waals surface area contributed by atoms with Gasteiger partial charge in [0.15, 0.2) is 0 Å². The van der Waals surface area contributed by atoms with Crippen molar-refractivity contribution < 1.29 is 0 Å². The second kappa shape index (κ2) is 3.23. The van der Waals surface area contributed by atoms with Crippen LogP contribution in [0.1, 0.15) is 0 Å². The highest BCUT2D eigenvalue weighted by molar-refractivity contribution is 5.56. The first kappa shape index (κ1) is 7.73. The van der Waals surface area contributed by atoms with Crippen LogP contribution in [-0.4, -0.2) is 9.97 Å². The highest BCUT2D eigenvalue weighted by Gasteiger charge is 2.00. The molecule has 63 valence electrons. The lowest BCUT2D eigenvalue weighted by Gasteiger charge is -1.96. The lowest BCUT2D eigenvalue weighted by atomic mass is 10.2. The minimum atomic E-state index is -0.130. The fourth-order valence-electron chi connectivity index (χ4n) is 1.10. The molecule has 3 nitrogen and oxygen atoms in total. The maximum atomic E-state index is 11.3. The SMILES string of the molecule is O=c1[nH]cccc1-c1ccc[c]n1. The van der Waals surface area contributed by atoms with Crippen molar-refractivity contribution in [1.29, 1.82) is 0 Å². The summed E-state index contributed by atoms with van der Waals surface area (Å²) >= 11 is 0. The van der Waals surface area contributed by atoms with Gasteiger partial charge in [0.1, 0.15) is 0 Å². The Labute approximate surface area is 75.1 Å². The molecule has 1 radical (unpaired) electrons. The largest absolute Gasteiger partial charge is 0.329 e. The molecule has 13 heavy (non-hydrogen) atoms. The van der Waals surface area contributed by atoms with E-state index in [0.29, 0.717) is 11.3 Å². The minimum absolute atomic E-state index is 0.130. The van der Waals surface area contributed by atoms with Crippen molar-refractivity contribution in [2.75, 3.05) is 0 Å². The molecule has 0 saturated heterocycles. The van der Waals surface area contributed by atoms with Gasteiger partial charge in [-0.1, -0.05) is 6.07 Å². The molecular formula is C10H7N2O. The van der Waals surface area contributed by atoms with E-state index in [2.05, 4.69) is 16.2 Å². The van der Waals surface area contributed by atoms with Gasteiger partial charge in [0, 0.05) is 6.20 Å². The van der Waals surface area contributed by atoms with E-state index < -0.39 is 0 Å². The zero-order valence-electron chi connectivity index (χ0n) is 6.82. The number of H-pyrrole nitrogens is 1. The molecule has 0 aliphatic carbocycles. The molecule has 2 rings (SSSR count). The molecule has 0 saturated carbocycles. The molecule has 0 aromatic carbocycles. The van der Waals surface area contributed by atoms with E-state index in [-0.39, 0.29) is 5.56 Å². The summed E-state index contributed by atoms with van der Waals surface area (Å²) < 4.78 is 0. The van der Waals surface area contributed by atoms with E-state index in [4.69, 9.17) is 0 Å². The molecule has 0 aliphatic rings. The van der Waals surface area contributed by atoms with Crippen LogP contribution in [0.2, 0.25) is 0 Å². The molecule has 0 spiro atoms. The van der Waals surface area contributed by atoms with Crippen molar-refractivity contribution in [2.45, 2.75) is 0 Å². The molecule has 2 aromatic heterocycles. The number of pyridine rings is 2. The molecule has 0 aliphatic heterocycles. The zero-order chi connectivity index (χ0) is 9.10. The predicted octanol–water partition coefficient (Wildman–Crippen LogP) is 1.24. The van der Waals surface area contributed by atoms with Crippen LogP contribution in [0.4, 0.5) is 0 Å². The van der Waals surface area contributed by atoms with E-state index in [0.717, 1.165) is 0 Å². The number of nitrogens with one attached hydrogen (secondary N) is 1. The molecule has 0 bridgehead atoms. The van der Waals surface area contributed by atoms with Crippen molar-refractivity contribution in [3.8, 4) is 11.3 Å². The van der Waals surface area contributed by atoms with Crippen LogP contribution in [0.3, 0.4) is 0 Å². The fraction of sp³-hybridized carbons (Fsp3) is 0.